The first-order chi connectivity index (χ1) is 11.5. The molecule has 0 aliphatic rings. The van der Waals surface area contributed by atoms with Gasteiger partial charge in [-0.1, -0.05) is 36.4 Å². The maximum atomic E-state index is 12.1. The number of nitrogens with one attached hydrogen (secondary N) is 2. The third-order valence-corrected chi connectivity index (χ3v) is 4.61. The van der Waals surface area contributed by atoms with E-state index in [2.05, 4.69) is 15.5 Å². The topological polar surface area (TPSA) is 61.4 Å². The number of benzene rings is 2. The molecular formula is C18H23N3O2S. The van der Waals surface area contributed by atoms with E-state index in [1.165, 1.54) is 0 Å². The minimum absolute atomic E-state index is 0.0893. The van der Waals surface area contributed by atoms with Gasteiger partial charge in [-0.2, -0.15) is 0 Å². The first kappa shape index (κ1) is 18.2. The van der Waals surface area contributed by atoms with Crippen molar-refractivity contribution in [3.63, 3.8) is 0 Å². The van der Waals surface area contributed by atoms with Gasteiger partial charge < -0.3 is 15.5 Å². The third kappa shape index (κ3) is 5.18. The Morgan fingerprint density at radius 1 is 1.12 bits per heavy atom. The predicted molar refractivity (Wildman–Crippen MR) is 98.7 cm³/mol. The largest absolute Gasteiger partial charge is 0.336 e. The van der Waals surface area contributed by atoms with Crippen LogP contribution in [0.3, 0.4) is 0 Å². The van der Waals surface area contributed by atoms with Crippen LogP contribution < -0.4 is 10.6 Å². The van der Waals surface area contributed by atoms with Gasteiger partial charge in [-0.15, -0.1) is 0 Å². The van der Waals surface area contributed by atoms with Gasteiger partial charge in [0.25, 0.3) is 0 Å². The molecule has 0 unspecified atom stereocenters. The highest BCUT2D eigenvalue weighted by Gasteiger charge is 2.15. The summed E-state index contributed by atoms with van der Waals surface area (Å²) in [4.78, 5) is 14.9. The van der Waals surface area contributed by atoms with E-state index in [-0.39, 0.29) is 12.1 Å². The fourth-order valence-electron chi connectivity index (χ4n) is 2.39. The second kappa shape index (κ2) is 8.61. The zero-order valence-corrected chi connectivity index (χ0v) is 15.0. The van der Waals surface area contributed by atoms with E-state index in [4.69, 9.17) is 0 Å². The summed E-state index contributed by atoms with van der Waals surface area (Å²) in [6.07, 6.45) is 1.61. The lowest BCUT2D eigenvalue weighted by molar-refractivity contribution is 0.243. The van der Waals surface area contributed by atoms with Gasteiger partial charge in [-0.25, -0.2) is 4.79 Å². The normalized spacial score (nSPS) is 13.3. The van der Waals surface area contributed by atoms with Gasteiger partial charge in [-0.3, -0.25) is 4.21 Å². The highest BCUT2D eigenvalue weighted by atomic mass is 32.2. The molecule has 2 aromatic rings. The lowest BCUT2D eigenvalue weighted by Gasteiger charge is -2.25. The smallest absolute Gasteiger partial charge is 0.319 e. The molecule has 2 rings (SSSR count). The molecule has 128 valence electrons. The lowest BCUT2D eigenvalue weighted by Crippen LogP contribution is -2.36. The summed E-state index contributed by atoms with van der Waals surface area (Å²) < 4.78 is 11.5. The molecule has 0 bridgehead atoms. The number of urea groups is 1. The highest BCUT2D eigenvalue weighted by molar-refractivity contribution is 7.84. The Kier molecular flexibility index (Phi) is 6.52. The van der Waals surface area contributed by atoms with Crippen LogP contribution in [0.5, 0.6) is 0 Å². The molecule has 2 amide bonds. The third-order valence-electron chi connectivity index (χ3n) is 3.69. The number of hydrogen-bond acceptors (Lipinski definition) is 3. The summed E-state index contributed by atoms with van der Waals surface area (Å²) in [5, 5.41) is 5.67. The number of rotatable bonds is 6. The van der Waals surface area contributed by atoms with Crippen LogP contribution in [-0.2, 0) is 10.8 Å². The van der Waals surface area contributed by atoms with E-state index in [1.807, 2.05) is 44.4 Å². The zero-order valence-electron chi connectivity index (χ0n) is 14.2. The number of hydrogen-bond donors (Lipinski definition) is 2. The molecule has 2 atom stereocenters. The highest BCUT2D eigenvalue weighted by Crippen LogP contribution is 2.17. The van der Waals surface area contributed by atoms with Crippen LogP contribution >= 0.6 is 0 Å². The number of nitrogens with zero attached hydrogens (tertiary/aromatic N) is 1. The van der Waals surface area contributed by atoms with Crippen molar-refractivity contribution >= 4 is 22.5 Å². The van der Waals surface area contributed by atoms with E-state index in [0.717, 1.165) is 5.56 Å². The van der Waals surface area contributed by atoms with E-state index in [1.54, 1.807) is 30.5 Å². The number of carbonyl (C=O) groups is 1. The molecule has 0 aliphatic heterocycles. The maximum Gasteiger partial charge on any atom is 0.319 e. The van der Waals surface area contributed by atoms with Crippen LogP contribution in [0.15, 0.2) is 59.5 Å². The molecule has 0 aromatic heterocycles. The summed E-state index contributed by atoms with van der Waals surface area (Å²) in [6.45, 7) is 0.488. The average Bonchev–Trinajstić information content (AvgIpc) is 2.56. The molecule has 0 saturated carbocycles. The molecule has 2 aromatic carbocycles. The minimum Gasteiger partial charge on any atom is -0.336 e. The number of amides is 2. The molecule has 0 aliphatic carbocycles. The van der Waals surface area contributed by atoms with Crippen molar-refractivity contribution in [1.29, 1.82) is 0 Å². The van der Waals surface area contributed by atoms with E-state index >= 15 is 0 Å². The fourth-order valence-corrected chi connectivity index (χ4v) is 2.95. The van der Waals surface area contributed by atoms with Gasteiger partial charge in [0.05, 0.1) is 6.04 Å². The van der Waals surface area contributed by atoms with Crippen LogP contribution in [0.1, 0.15) is 11.6 Å². The Hall–Kier alpha value is -2.18. The van der Waals surface area contributed by atoms with Crippen molar-refractivity contribution in [2.24, 2.45) is 0 Å². The van der Waals surface area contributed by atoms with Crippen molar-refractivity contribution in [3.05, 3.63) is 60.2 Å². The fraction of sp³-hybridized carbons (Fsp3) is 0.278. The zero-order chi connectivity index (χ0) is 17.5. The average molecular weight is 345 g/mol. The van der Waals surface area contributed by atoms with Crippen LogP contribution in [0, 0.1) is 0 Å². The maximum absolute atomic E-state index is 12.1. The molecule has 0 spiro atoms. The van der Waals surface area contributed by atoms with Crippen molar-refractivity contribution in [1.82, 2.24) is 10.2 Å². The standard InChI is InChI=1S/C18H23N3O2S/c1-21(2)17(14-8-5-4-6-9-14)13-19-18(22)20-15-10-7-11-16(12-15)24(3)23/h4-12,17H,13H2,1-3H3,(H2,19,20,22)/t17-,24+/m0/s1. The summed E-state index contributed by atoms with van der Waals surface area (Å²) in [5.74, 6) is 0. The van der Waals surface area contributed by atoms with Gasteiger partial charge in [0.1, 0.15) is 0 Å². The Morgan fingerprint density at radius 2 is 1.83 bits per heavy atom. The molecule has 0 fully saturated rings. The molecular weight excluding hydrogens is 322 g/mol. The molecule has 5 nitrogen and oxygen atoms in total. The van der Waals surface area contributed by atoms with E-state index < -0.39 is 10.8 Å². The van der Waals surface area contributed by atoms with Crippen LogP contribution in [0.2, 0.25) is 0 Å². The van der Waals surface area contributed by atoms with Crippen LogP contribution in [0.4, 0.5) is 10.5 Å². The van der Waals surface area contributed by atoms with Gasteiger partial charge >= 0.3 is 6.03 Å². The molecule has 0 heterocycles. The summed E-state index contributed by atoms with van der Waals surface area (Å²) in [7, 11) is 2.89. The Morgan fingerprint density at radius 3 is 2.46 bits per heavy atom. The minimum atomic E-state index is -1.07. The van der Waals surface area contributed by atoms with Crippen LogP contribution in [0.25, 0.3) is 0 Å². The first-order valence-corrected chi connectivity index (χ1v) is 9.23. The summed E-state index contributed by atoms with van der Waals surface area (Å²) in [5.41, 5.74) is 1.77. The Bertz CT molecular complexity index is 704. The quantitative estimate of drug-likeness (QED) is 0.846. The van der Waals surface area contributed by atoms with Crippen molar-refractivity contribution in [3.8, 4) is 0 Å². The van der Waals surface area contributed by atoms with Gasteiger partial charge in [0.2, 0.25) is 0 Å². The lowest BCUT2D eigenvalue weighted by atomic mass is 10.1. The van der Waals surface area contributed by atoms with Gasteiger partial charge in [-0.05, 0) is 37.9 Å². The first-order valence-electron chi connectivity index (χ1n) is 7.67. The van der Waals surface area contributed by atoms with Crippen LogP contribution in [-0.4, -0.2) is 42.0 Å². The second-order valence-corrected chi connectivity index (χ2v) is 7.09. The number of anilines is 1. The predicted octanol–water partition coefficient (Wildman–Crippen LogP) is 2.85. The van der Waals surface area contributed by atoms with Crippen molar-refractivity contribution in [2.75, 3.05) is 32.2 Å². The van der Waals surface area contributed by atoms with Gasteiger partial charge in [0.15, 0.2) is 0 Å². The number of carbonyl (C=O) groups excluding carboxylic acids is 1. The SMILES string of the molecule is CN(C)[C@@H](CNC(=O)Nc1cccc([S@@](C)=O)c1)c1ccccc1. The van der Waals surface area contributed by atoms with E-state index in [0.29, 0.717) is 17.1 Å². The summed E-state index contributed by atoms with van der Waals surface area (Å²) >= 11 is 0. The van der Waals surface area contributed by atoms with Crippen molar-refractivity contribution in [2.45, 2.75) is 10.9 Å². The number of likely N-dealkylation sites (N-methyl/N-ethyl adjacent to an activating group) is 1. The molecule has 2 N–H and O–H groups in total. The van der Waals surface area contributed by atoms with Crippen molar-refractivity contribution < 1.29 is 9.00 Å². The van der Waals surface area contributed by atoms with E-state index in [9.17, 15) is 9.00 Å². The monoisotopic (exact) mass is 345 g/mol. The molecule has 24 heavy (non-hydrogen) atoms. The molecule has 0 saturated heterocycles. The second-order valence-electron chi connectivity index (χ2n) is 5.71. The van der Waals surface area contributed by atoms with Gasteiger partial charge in [0, 0.05) is 34.2 Å². The summed E-state index contributed by atoms with van der Waals surface area (Å²) in [6, 6.07) is 16.9. The Labute approximate surface area is 145 Å². The Balaban J connectivity index is 1.96. The molecule has 6 heteroatoms. The molecule has 0 radical (unpaired) electrons.